The topological polar surface area (TPSA) is 84.8 Å². The van der Waals surface area contributed by atoms with Crippen LogP contribution in [0.4, 0.5) is 4.39 Å². The molecule has 4 aromatic rings. The van der Waals surface area contributed by atoms with Crippen LogP contribution in [0.1, 0.15) is 39.9 Å². The Morgan fingerprint density at radius 2 is 1.44 bits per heavy atom. The summed E-state index contributed by atoms with van der Waals surface area (Å²) in [5.74, 6) is -0.809. The molecule has 0 aliphatic heterocycles. The Morgan fingerprint density at radius 1 is 0.781 bits per heavy atom. The van der Waals surface area contributed by atoms with Crippen molar-refractivity contribution in [3.05, 3.63) is 125 Å². The molecule has 162 valence electrons. The number of nitrogens with one attached hydrogen (secondary N) is 1. The van der Waals surface area contributed by atoms with Crippen LogP contribution in [-0.4, -0.2) is 23.4 Å². The summed E-state index contributed by atoms with van der Waals surface area (Å²) < 4.78 is 38.1. The van der Waals surface area contributed by atoms with Gasteiger partial charge in [-0.3, -0.25) is 15.0 Å². The van der Waals surface area contributed by atoms with Crippen LogP contribution in [0.25, 0.3) is 0 Å². The second-order valence-corrected chi connectivity index (χ2v) is 8.06. The molecule has 1 unspecified atom stereocenters. The van der Waals surface area contributed by atoms with Crippen LogP contribution in [0.5, 0.6) is 0 Å². The first kappa shape index (κ1) is 21.7. The molecule has 0 bridgehead atoms. The molecule has 0 amide bonds. The molecular formula is C24H21FN4O2S. The van der Waals surface area contributed by atoms with Gasteiger partial charge in [0, 0.05) is 42.3 Å². The van der Waals surface area contributed by atoms with Gasteiger partial charge in [-0.05, 0) is 53.1 Å². The highest BCUT2D eigenvalue weighted by Gasteiger charge is 2.30. The Kier molecular flexibility index (Phi) is 6.94. The monoisotopic (exact) mass is 448 g/mol. The molecule has 0 aliphatic rings. The molecule has 1 N–H and O–H groups in total. The number of hydrogen-bond acceptors (Lipinski definition) is 5. The van der Waals surface area contributed by atoms with E-state index in [1.807, 2.05) is 48.8 Å². The smallest absolute Gasteiger partial charge is 0.201 e. The lowest BCUT2D eigenvalue weighted by molar-refractivity contribution is 0.600. The molecule has 3 heterocycles. The predicted molar refractivity (Wildman–Crippen MR) is 120 cm³/mol. The number of hydrogen-bond donors (Lipinski definition) is 2. The van der Waals surface area contributed by atoms with E-state index in [-0.39, 0.29) is 24.2 Å². The van der Waals surface area contributed by atoms with Crippen molar-refractivity contribution in [3.8, 4) is 0 Å². The second kappa shape index (κ2) is 10.2. The van der Waals surface area contributed by atoms with Gasteiger partial charge in [-0.2, -0.15) is 0 Å². The third kappa shape index (κ3) is 5.22. The first-order valence-corrected chi connectivity index (χ1v) is 11.2. The van der Waals surface area contributed by atoms with Crippen molar-refractivity contribution in [1.29, 1.82) is 0 Å². The second-order valence-electron chi connectivity index (χ2n) is 7.23. The van der Waals surface area contributed by atoms with Crippen molar-refractivity contribution in [3.63, 3.8) is 0 Å². The Balaban J connectivity index is 1.88. The molecule has 0 fully saturated rings. The van der Waals surface area contributed by atoms with Crippen LogP contribution in [0.15, 0.2) is 91.5 Å². The Labute approximate surface area is 187 Å². The molecule has 0 spiro atoms. The van der Waals surface area contributed by atoms with Crippen LogP contribution < -0.4 is 4.72 Å². The van der Waals surface area contributed by atoms with Gasteiger partial charge in [0.05, 0.1) is 12.2 Å². The maximum atomic E-state index is 13.7. The third-order valence-electron chi connectivity index (χ3n) is 5.19. The van der Waals surface area contributed by atoms with Crippen molar-refractivity contribution in [2.75, 3.05) is 0 Å². The summed E-state index contributed by atoms with van der Waals surface area (Å²) in [4.78, 5) is 13.4. The Bertz CT molecular complexity index is 1190. The van der Waals surface area contributed by atoms with Gasteiger partial charge in [-0.1, -0.05) is 30.3 Å². The first-order chi connectivity index (χ1) is 15.6. The van der Waals surface area contributed by atoms with Gasteiger partial charge in [0.1, 0.15) is 5.82 Å². The van der Waals surface area contributed by atoms with E-state index in [0.29, 0.717) is 5.69 Å². The fourth-order valence-corrected chi connectivity index (χ4v) is 4.11. The average molecular weight is 449 g/mol. The number of rotatable bonds is 8. The van der Waals surface area contributed by atoms with Crippen LogP contribution in [0, 0.1) is 5.82 Å². The minimum Gasteiger partial charge on any atom is -0.264 e. The van der Waals surface area contributed by atoms with E-state index in [4.69, 9.17) is 4.98 Å². The summed E-state index contributed by atoms with van der Waals surface area (Å²) in [6.45, 7) is 0.0904. The molecule has 3 aromatic heterocycles. The highest BCUT2D eigenvalue weighted by Crippen LogP contribution is 2.41. The molecule has 4 rings (SSSR count). The summed E-state index contributed by atoms with van der Waals surface area (Å²) in [6, 6.07) is 19.6. The molecule has 32 heavy (non-hydrogen) atoms. The van der Waals surface area contributed by atoms with Crippen LogP contribution in [0.2, 0.25) is 0 Å². The molecule has 0 saturated carbocycles. The van der Waals surface area contributed by atoms with Crippen molar-refractivity contribution in [2.24, 2.45) is 0 Å². The molecule has 6 nitrogen and oxygen atoms in total. The lowest BCUT2D eigenvalue weighted by Gasteiger charge is -2.28. The Morgan fingerprint density at radius 3 is 2.00 bits per heavy atom. The number of pyridine rings is 3. The highest BCUT2D eigenvalue weighted by atomic mass is 32.2. The first-order valence-electron chi connectivity index (χ1n) is 10.0. The molecule has 0 aliphatic carbocycles. The number of thiol groups is 1. The summed E-state index contributed by atoms with van der Waals surface area (Å²) in [5, 5.41) is 0. The minimum absolute atomic E-state index is 0.0904. The van der Waals surface area contributed by atoms with Crippen molar-refractivity contribution >= 4 is 10.9 Å². The zero-order chi connectivity index (χ0) is 22.3. The summed E-state index contributed by atoms with van der Waals surface area (Å²) in [5.41, 5.74) is 4.11. The van der Waals surface area contributed by atoms with Crippen LogP contribution in [-0.2, 0) is 17.4 Å². The molecule has 0 radical (unpaired) electrons. The van der Waals surface area contributed by atoms with Crippen molar-refractivity contribution < 1.29 is 12.8 Å². The van der Waals surface area contributed by atoms with Gasteiger partial charge in [0.25, 0.3) is 0 Å². The van der Waals surface area contributed by atoms with E-state index in [1.54, 1.807) is 30.6 Å². The minimum atomic E-state index is -2.73. The lowest BCUT2D eigenvalue weighted by atomic mass is 9.76. The maximum absolute atomic E-state index is 13.7. The maximum Gasteiger partial charge on any atom is 0.201 e. The average Bonchev–Trinajstić information content (AvgIpc) is 2.83. The zero-order valence-corrected chi connectivity index (χ0v) is 17.9. The number of nitrogens with zero attached hydrogens (tertiary/aromatic N) is 3. The van der Waals surface area contributed by atoms with E-state index in [2.05, 4.69) is 14.7 Å². The highest BCUT2D eigenvalue weighted by molar-refractivity contribution is 7.70. The zero-order valence-electron chi connectivity index (χ0n) is 17.0. The van der Waals surface area contributed by atoms with E-state index in [9.17, 15) is 12.8 Å². The van der Waals surface area contributed by atoms with E-state index < -0.39 is 10.9 Å². The van der Waals surface area contributed by atoms with Gasteiger partial charge in [-0.15, -0.1) is 0 Å². The quantitative estimate of drug-likeness (QED) is 0.403. The van der Waals surface area contributed by atoms with Crippen LogP contribution >= 0.6 is 0 Å². The third-order valence-corrected chi connectivity index (χ3v) is 5.60. The standard InChI is InChI=1S/C24H21FN4O2S/c25-20-10-8-17(9-11-20)24(22-7-1-6-21(29-22)16-28-32(30)31)23(18-4-2-12-26-14-18)19-5-3-13-27-15-19/h1-15,23-24,32H,16H2,(H,28,30,31). The fourth-order valence-electron chi connectivity index (χ4n) is 3.82. The molecule has 1 aromatic carbocycles. The van der Waals surface area contributed by atoms with Gasteiger partial charge < -0.3 is 0 Å². The lowest BCUT2D eigenvalue weighted by Crippen LogP contribution is -2.18. The van der Waals surface area contributed by atoms with Gasteiger partial charge in [0.2, 0.25) is 10.9 Å². The van der Waals surface area contributed by atoms with Crippen LogP contribution in [0.3, 0.4) is 0 Å². The molecule has 0 saturated heterocycles. The van der Waals surface area contributed by atoms with Crippen molar-refractivity contribution in [1.82, 2.24) is 19.7 Å². The van der Waals surface area contributed by atoms with E-state index in [1.165, 1.54) is 12.1 Å². The molecule has 8 heteroatoms. The van der Waals surface area contributed by atoms with E-state index >= 15 is 0 Å². The summed E-state index contributed by atoms with van der Waals surface area (Å²) >= 11 is 0. The van der Waals surface area contributed by atoms with Crippen molar-refractivity contribution in [2.45, 2.75) is 18.4 Å². The molecular weight excluding hydrogens is 427 g/mol. The number of benzene rings is 1. The number of halogens is 1. The fraction of sp³-hybridized carbons (Fsp3) is 0.125. The predicted octanol–water partition coefficient (Wildman–Crippen LogP) is 3.59. The van der Waals surface area contributed by atoms with Gasteiger partial charge in [0.15, 0.2) is 0 Å². The normalized spacial score (nSPS) is 12.2. The van der Waals surface area contributed by atoms with Gasteiger partial charge >= 0.3 is 0 Å². The summed E-state index contributed by atoms with van der Waals surface area (Å²) in [6.07, 6.45) is 7.04. The largest absolute Gasteiger partial charge is 0.264 e. The van der Waals surface area contributed by atoms with E-state index in [0.717, 1.165) is 22.4 Å². The number of aromatic nitrogens is 3. The SMILES string of the molecule is O=[SH](=O)NCc1cccc(C(c2ccc(F)cc2)C(c2cccnc2)c2cccnc2)n1. The molecule has 1 atom stereocenters. The summed E-state index contributed by atoms with van der Waals surface area (Å²) in [7, 11) is -2.73. The van der Waals surface area contributed by atoms with Gasteiger partial charge in [-0.25, -0.2) is 17.5 Å². The Hall–Kier alpha value is -3.49.